The number of benzene rings is 1. The Bertz CT molecular complexity index is 832. The van der Waals surface area contributed by atoms with E-state index in [1.807, 2.05) is 38.1 Å². The number of halogens is 1. The topological polar surface area (TPSA) is 50.2 Å². The van der Waals surface area contributed by atoms with Crippen LogP contribution in [0.3, 0.4) is 0 Å². The van der Waals surface area contributed by atoms with E-state index < -0.39 is 0 Å². The molecule has 0 aliphatic rings. The number of aromatic nitrogens is 3. The minimum absolute atomic E-state index is 0.112. The fourth-order valence-electron chi connectivity index (χ4n) is 2.19. The number of aromatic amines is 1. The first-order chi connectivity index (χ1) is 9.06. The fraction of sp³-hybridized carbons (Fsp3) is 0.143. The molecule has 0 atom stereocenters. The van der Waals surface area contributed by atoms with E-state index in [1.165, 1.54) is 10.6 Å². The van der Waals surface area contributed by atoms with Crippen LogP contribution in [0.15, 0.2) is 35.1 Å². The van der Waals surface area contributed by atoms with Crippen molar-refractivity contribution in [3.05, 3.63) is 57.0 Å². The molecule has 1 aromatic carbocycles. The summed E-state index contributed by atoms with van der Waals surface area (Å²) < 4.78 is 1.46. The Hall–Kier alpha value is -2.07. The van der Waals surface area contributed by atoms with Crippen LogP contribution in [0.1, 0.15) is 11.3 Å². The molecule has 0 aliphatic carbocycles. The third-order valence-electron chi connectivity index (χ3n) is 3.09. The lowest BCUT2D eigenvalue weighted by Crippen LogP contribution is -2.14. The van der Waals surface area contributed by atoms with E-state index in [-0.39, 0.29) is 5.56 Å². The number of hydrogen-bond donors (Lipinski definition) is 1. The Balaban J connectivity index is 2.35. The van der Waals surface area contributed by atoms with Gasteiger partial charge >= 0.3 is 0 Å². The van der Waals surface area contributed by atoms with Crippen LogP contribution in [-0.4, -0.2) is 14.6 Å². The van der Waals surface area contributed by atoms with E-state index in [1.54, 1.807) is 0 Å². The molecule has 4 nitrogen and oxygen atoms in total. The Labute approximate surface area is 114 Å². The lowest BCUT2D eigenvalue weighted by atomic mass is 10.1. The Morgan fingerprint density at radius 2 is 2.05 bits per heavy atom. The smallest absolute Gasteiger partial charge is 0.272 e. The van der Waals surface area contributed by atoms with Crippen LogP contribution in [0.25, 0.3) is 16.9 Å². The van der Waals surface area contributed by atoms with Crippen LogP contribution < -0.4 is 5.56 Å². The monoisotopic (exact) mass is 273 g/mol. The lowest BCUT2D eigenvalue weighted by Gasteiger charge is -1.99. The molecule has 2 heterocycles. The van der Waals surface area contributed by atoms with Gasteiger partial charge in [-0.3, -0.25) is 9.89 Å². The third kappa shape index (κ3) is 1.94. The van der Waals surface area contributed by atoms with Gasteiger partial charge in [0, 0.05) is 27.9 Å². The number of nitrogens with zero attached hydrogens (tertiary/aromatic N) is 2. The summed E-state index contributed by atoms with van der Waals surface area (Å²) >= 11 is 6.00. The molecule has 0 fully saturated rings. The summed E-state index contributed by atoms with van der Waals surface area (Å²) in [5.41, 5.74) is 3.98. The number of hydrogen-bond acceptors (Lipinski definition) is 2. The number of fused-ring (bicyclic) bond motifs is 1. The molecule has 96 valence electrons. The highest BCUT2D eigenvalue weighted by atomic mass is 35.5. The van der Waals surface area contributed by atoms with Crippen molar-refractivity contribution in [2.45, 2.75) is 13.8 Å². The first-order valence-electron chi connectivity index (χ1n) is 5.91. The molecule has 3 rings (SSSR count). The number of aryl methyl sites for hydroxylation is 2. The fourth-order valence-corrected chi connectivity index (χ4v) is 2.38. The summed E-state index contributed by atoms with van der Waals surface area (Å²) in [4.78, 5) is 16.3. The summed E-state index contributed by atoms with van der Waals surface area (Å²) in [5.74, 6) is 0. The van der Waals surface area contributed by atoms with Crippen molar-refractivity contribution in [2.24, 2.45) is 0 Å². The van der Waals surface area contributed by atoms with Gasteiger partial charge in [-0.15, -0.1) is 0 Å². The average Bonchev–Trinajstić information content (AvgIpc) is 2.68. The van der Waals surface area contributed by atoms with Gasteiger partial charge < -0.3 is 0 Å². The minimum Gasteiger partial charge on any atom is -0.289 e. The molecule has 3 aromatic rings. The van der Waals surface area contributed by atoms with Crippen LogP contribution in [0.5, 0.6) is 0 Å². The van der Waals surface area contributed by atoms with Gasteiger partial charge in [-0.05, 0) is 26.0 Å². The summed E-state index contributed by atoms with van der Waals surface area (Å²) in [6.07, 6.45) is 0. The zero-order valence-electron chi connectivity index (χ0n) is 10.6. The molecule has 0 saturated carbocycles. The van der Waals surface area contributed by atoms with Gasteiger partial charge in [0.25, 0.3) is 5.56 Å². The van der Waals surface area contributed by atoms with Crippen molar-refractivity contribution < 1.29 is 0 Å². The molecule has 19 heavy (non-hydrogen) atoms. The zero-order chi connectivity index (χ0) is 13.6. The quantitative estimate of drug-likeness (QED) is 0.741. The van der Waals surface area contributed by atoms with Crippen molar-refractivity contribution in [3.8, 4) is 11.3 Å². The maximum atomic E-state index is 11.9. The second kappa shape index (κ2) is 4.24. The summed E-state index contributed by atoms with van der Waals surface area (Å²) in [5, 5.41) is 3.75. The van der Waals surface area contributed by atoms with E-state index >= 15 is 0 Å². The number of nitrogens with one attached hydrogen (secondary N) is 1. The van der Waals surface area contributed by atoms with E-state index in [4.69, 9.17) is 11.6 Å². The van der Waals surface area contributed by atoms with E-state index in [0.717, 1.165) is 16.8 Å². The van der Waals surface area contributed by atoms with Crippen molar-refractivity contribution in [3.63, 3.8) is 0 Å². The SMILES string of the molecule is Cc1cc(=O)n2[nH]c(-c3cccc(Cl)c3)c(C)c2n1. The molecule has 0 saturated heterocycles. The van der Waals surface area contributed by atoms with Crippen LogP contribution in [0.2, 0.25) is 5.02 Å². The van der Waals surface area contributed by atoms with Gasteiger partial charge in [-0.1, -0.05) is 23.7 Å². The molecule has 0 radical (unpaired) electrons. The van der Waals surface area contributed by atoms with Crippen LogP contribution in [-0.2, 0) is 0 Å². The molecule has 0 unspecified atom stereocenters. The highest BCUT2D eigenvalue weighted by Gasteiger charge is 2.12. The maximum absolute atomic E-state index is 11.9. The van der Waals surface area contributed by atoms with Gasteiger partial charge in [-0.25, -0.2) is 9.50 Å². The summed E-state index contributed by atoms with van der Waals surface area (Å²) in [6, 6.07) is 9.00. The van der Waals surface area contributed by atoms with Gasteiger partial charge in [0.05, 0.1) is 5.69 Å². The predicted octanol–water partition coefficient (Wildman–Crippen LogP) is 2.96. The molecule has 2 aromatic heterocycles. The second-order valence-corrected chi connectivity index (χ2v) is 4.95. The maximum Gasteiger partial charge on any atom is 0.272 e. The van der Waals surface area contributed by atoms with E-state index in [0.29, 0.717) is 16.4 Å². The number of H-pyrrole nitrogens is 1. The first kappa shape index (κ1) is 12.0. The summed E-state index contributed by atoms with van der Waals surface area (Å²) in [6.45, 7) is 3.75. The van der Waals surface area contributed by atoms with Gasteiger partial charge in [0.1, 0.15) is 0 Å². The Kier molecular flexibility index (Phi) is 2.68. The highest BCUT2D eigenvalue weighted by Crippen LogP contribution is 2.25. The summed E-state index contributed by atoms with van der Waals surface area (Å²) in [7, 11) is 0. The third-order valence-corrected chi connectivity index (χ3v) is 3.33. The van der Waals surface area contributed by atoms with Gasteiger partial charge in [0.15, 0.2) is 5.65 Å². The van der Waals surface area contributed by atoms with E-state index in [9.17, 15) is 4.79 Å². The number of rotatable bonds is 1. The van der Waals surface area contributed by atoms with Gasteiger partial charge in [0.2, 0.25) is 0 Å². The second-order valence-electron chi connectivity index (χ2n) is 4.52. The Morgan fingerprint density at radius 3 is 2.79 bits per heavy atom. The molecular formula is C14H12ClN3O. The first-order valence-corrected chi connectivity index (χ1v) is 6.29. The molecule has 0 bridgehead atoms. The van der Waals surface area contributed by atoms with Gasteiger partial charge in [-0.2, -0.15) is 0 Å². The Morgan fingerprint density at radius 1 is 1.26 bits per heavy atom. The molecule has 5 heteroatoms. The van der Waals surface area contributed by atoms with E-state index in [2.05, 4.69) is 10.1 Å². The molecule has 0 amide bonds. The van der Waals surface area contributed by atoms with Crippen molar-refractivity contribution in [1.29, 1.82) is 0 Å². The molecule has 0 aliphatic heterocycles. The predicted molar refractivity (Wildman–Crippen MR) is 75.7 cm³/mol. The van der Waals surface area contributed by atoms with Crippen molar-refractivity contribution >= 4 is 17.2 Å². The highest BCUT2D eigenvalue weighted by molar-refractivity contribution is 6.30. The molecule has 0 spiro atoms. The zero-order valence-corrected chi connectivity index (χ0v) is 11.3. The molecular weight excluding hydrogens is 262 g/mol. The standard InChI is InChI=1S/C14H12ClN3O/c1-8-6-12(19)18-14(16-8)9(2)13(17-18)10-4-3-5-11(15)7-10/h3-7,17H,1-2H3. The molecule has 1 N–H and O–H groups in total. The van der Waals surface area contributed by atoms with Crippen molar-refractivity contribution in [1.82, 2.24) is 14.6 Å². The average molecular weight is 274 g/mol. The normalized spacial score (nSPS) is 11.1. The minimum atomic E-state index is -0.112. The van der Waals surface area contributed by atoms with Crippen molar-refractivity contribution in [2.75, 3.05) is 0 Å². The van der Waals surface area contributed by atoms with Crippen LogP contribution in [0.4, 0.5) is 0 Å². The van der Waals surface area contributed by atoms with Crippen LogP contribution >= 0.6 is 11.6 Å². The lowest BCUT2D eigenvalue weighted by molar-refractivity contribution is 0.893. The largest absolute Gasteiger partial charge is 0.289 e. The van der Waals surface area contributed by atoms with Crippen LogP contribution in [0, 0.1) is 13.8 Å².